The Morgan fingerprint density at radius 3 is 2.34 bits per heavy atom. The molecule has 2 fully saturated rings. The normalized spacial score (nSPS) is 17.8. The van der Waals surface area contributed by atoms with Gasteiger partial charge in [-0.3, -0.25) is 19.1 Å². The molecule has 1 aliphatic heterocycles. The minimum Gasteiger partial charge on any atom is -0.339 e. The van der Waals surface area contributed by atoms with E-state index in [1.165, 1.54) is 31.9 Å². The molecule has 0 N–H and O–H groups in total. The summed E-state index contributed by atoms with van der Waals surface area (Å²) in [4.78, 5) is 40.9. The zero-order chi connectivity index (χ0) is 20.2. The van der Waals surface area contributed by atoms with Crippen LogP contribution in [0.15, 0.2) is 35.3 Å². The van der Waals surface area contributed by atoms with Crippen LogP contribution in [0.2, 0.25) is 0 Å². The molecular weight excluding hydrogens is 368 g/mol. The highest BCUT2D eigenvalue weighted by molar-refractivity contribution is 5.82. The number of rotatable bonds is 5. The van der Waals surface area contributed by atoms with E-state index in [0.29, 0.717) is 43.5 Å². The molecule has 2 aliphatic rings. The highest BCUT2D eigenvalue weighted by Crippen LogP contribution is 2.28. The van der Waals surface area contributed by atoms with Crippen LogP contribution in [0.3, 0.4) is 0 Å². The van der Waals surface area contributed by atoms with Crippen molar-refractivity contribution in [3.63, 3.8) is 0 Å². The topological polar surface area (TPSA) is 75.5 Å². The summed E-state index contributed by atoms with van der Waals surface area (Å²) in [5.41, 5.74) is 0.517. The minimum absolute atomic E-state index is 0.0376. The third kappa shape index (κ3) is 4.49. The van der Waals surface area contributed by atoms with Crippen molar-refractivity contribution in [2.45, 2.75) is 45.1 Å². The minimum atomic E-state index is -0.144. The van der Waals surface area contributed by atoms with Crippen LogP contribution in [0, 0.1) is 5.92 Å². The SMILES string of the molecule is O=C(CCC1CCCC1)N1CCN(C(=O)Cn2ncc(=O)c3ccccc32)CC1. The number of fused-ring (bicyclic) bond motifs is 1. The van der Waals surface area contributed by atoms with Gasteiger partial charge in [0.05, 0.1) is 11.7 Å². The van der Waals surface area contributed by atoms with E-state index >= 15 is 0 Å². The van der Waals surface area contributed by atoms with Gasteiger partial charge < -0.3 is 9.80 Å². The fraction of sp³-hybridized carbons (Fsp3) is 0.545. The number of piperazine rings is 1. The van der Waals surface area contributed by atoms with Gasteiger partial charge in [-0.1, -0.05) is 37.8 Å². The van der Waals surface area contributed by atoms with Crippen molar-refractivity contribution in [1.29, 1.82) is 0 Å². The quantitative estimate of drug-likeness (QED) is 0.775. The van der Waals surface area contributed by atoms with Gasteiger partial charge in [-0.05, 0) is 24.5 Å². The summed E-state index contributed by atoms with van der Waals surface area (Å²) in [7, 11) is 0. The number of amides is 2. The maximum atomic E-state index is 12.8. The summed E-state index contributed by atoms with van der Waals surface area (Å²) in [5, 5.41) is 4.70. The molecule has 1 saturated heterocycles. The molecule has 0 atom stereocenters. The van der Waals surface area contributed by atoms with Gasteiger partial charge in [-0.25, -0.2) is 0 Å². The number of nitrogens with zero attached hydrogens (tertiary/aromatic N) is 4. The average molecular weight is 396 g/mol. The molecule has 0 unspecified atom stereocenters. The van der Waals surface area contributed by atoms with E-state index in [0.717, 1.165) is 12.3 Å². The van der Waals surface area contributed by atoms with E-state index in [4.69, 9.17) is 0 Å². The molecule has 1 aromatic carbocycles. The Hall–Kier alpha value is -2.70. The molecule has 1 aromatic heterocycles. The summed E-state index contributed by atoms with van der Waals surface area (Å²) >= 11 is 0. The number of benzene rings is 1. The summed E-state index contributed by atoms with van der Waals surface area (Å²) < 4.78 is 1.58. The Labute approximate surface area is 170 Å². The maximum absolute atomic E-state index is 12.8. The molecule has 2 amide bonds. The fourth-order valence-electron chi connectivity index (χ4n) is 4.51. The summed E-state index contributed by atoms with van der Waals surface area (Å²) in [6.45, 7) is 2.37. The Morgan fingerprint density at radius 2 is 1.62 bits per heavy atom. The molecule has 0 bridgehead atoms. The molecule has 29 heavy (non-hydrogen) atoms. The van der Waals surface area contributed by atoms with E-state index in [9.17, 15) is 14.4 Å². The van der Waals surface area contributed by atoms with Crippen molar-refractivity contribution in [2.75, 3.05) is 26.2 Å². The van der Waals surface area contributed by atoms with Crippen LogP contribution in [0.1, 0.15) is 38.5 Å². The van der Waals surface area contributed by atoms with Crippen LogP contribution in [0.4, 0.5) is 0 Å². The first kappa shape index (κ1) is 19.6. The van der Waals surface area contributed by atoms with Gasteiger partial charge in [0, 0.05) is 38.0 Å². The van der Waals surface area contributed by atoms with E-state index in [-0.39, 0.29) is 23.8 Å². The van der Waals surface area contributed by atoms with Crippen molar-refractivity contribution >= 4 is 22.7 Å². The van der Waals surface area contributed by atoms with Crippen molar-refractivity contribution in [3.8, 4) is 0 Å². The van der Waals surface area contributed by atoms with E-state index in [2.05, 4.69) is 5.10 Å². The molecule has 7 nitrogen and oxygen atoms in total. The number of aromatic nitrogens is 2. The first-order valence-corrected chi connectivity index (χ1v) is 10.6. The van der Waals surface area contributed by atoms with Crippen molar-refractivity contribution in [1.82, 2.24) is 19.6 Å². The molecule has 4 rings (SSSR count). The van der Waals surface area contributed by atoms with Crippen molar-refractivity contribution in [3.05, 3.63) is 40.7 Å². The maximum Gasteiger partial charge on any atom is 0.244 e. The number of carbonyl (C=O) groups is 2. The largest absolute Gasteiger partial charge is 0.339 e. The van der Waals surface area contributed by atoms with E-state index in [1.807, 2.05) is 11.0 Å². The number of hydrogen-bond donors (Lipinski definition) is 0. The van der Waals surface area contributed by atoms with Crippen LogP contribution in [-0.2, 0) is 16.1 Å². The number of hydrogen-bond acceptors (Lipinski definition) is 4. The smallest absolute Gasteiger partial charge is 0.244 e. The van der Waals surface area contributed by atoms with Gasteiger partial charge in [0.15, 0.2) is 0 Å². The Kier molecular flexibility index (Phi) is 5.92. The number of para-hydroxylation sites is 1. The molecule has 2 heterocycles. The molecule has 1 saturated carbocycles. The van der Waals surface area contributed by atoms with E-state index in [1.54, 1.807) is 27.8 Å². The van der Waals surface area contributed by atoms with Crippen LogP contribution in [-0.4, -0.2) is 57.6 Å². The molecular formula is C22H28N4O3. The van der Waals surface area contributed by atoms with Crippen LogP contribution in [0.25, 0.3) is 10.9 Å². The van der Waals surface area contributed by atoms with Crippen molar-refractivity contribution < 1.29 is 9.59 Å². The molecule has 2 aromatic rings. The lowest BCUT2D eigenvalue weighted by Gasteiger charge is -2.35. The molecule has 0 spiro atoms. The second-order valence-electron chi connectivity index (χ2n) is 8.13. The highest BCUT2D eigenvalue weighted by Gasteiger charge is 2.25. The van der Waals surface area contributed by atoms with Gasteiger partial charge in [-0.15, -0.1) is 0 Å². The van der Waals surface area contributed by atoms with Gasteiger partial charge in [0.1, 0.15) is 6.54 Å². The van der Waals surface area contributed by atoms with Crippen LogP contribution < -0.4 is 5.43 Å². The predicted molar refractivity (Wildman–Crippen MR) is 110 cm³/mol. The third-order valence-corrected chi connectivity index (χ3v) is 6.27. The third-order valence-electron chi connectivity index (χ3n) is 6.27. The summed E-state index contributed by atoms with van der Waals surface area (Å²) in [5.74, 6) is 0.906. The number of carbonyl (C=O) groups excluding carboxylic acids is 2. The van der Waals surface area contributed by atoms with Crippen molar-refractivity contribution in [2.24, 2.45) is 5.92 Å². The second kappa shape index (κ2) is 8.76. The summed E-state index contributed by atoms with van der Waals surface area (Å²) in [6.07, 6.45) is 8.04. The lowest BCUT2D eigenvalue weighted by molar-refractivity contribution is -0.140. The Morgan fingerprint density at radius 1 is 0.966 bits per heavy atom. The first-order chi connectivity index (χ1) is 14.1. The molecule has 7 heteroatoms. The summed E-state index contributed by atoms with van der Waals surface area (Å²) in [6, 6.07) is 7.19. The Bertz CT molecular complexity index is 940. The Balaban J connectivity index is 1.31. The van der Waals surface area contributed by atoms with Crippen LogP contribution >= 0.6 is 0 Å². The highest BCUT2D eigenvalue weighted by atomic mass is 16.2. The second-order valence-corrected chi connectivity index (χ2v) is 8.13. The standard InChI is InChI=1S/C22H28N4O3/c27-20-15-23-26(19-8-4-3-7-18(19)20)16-22(29)25-13-11-24(12-14-25)21(28)10-9-17-5-1-2-6-17/h3-4,7-8,15,17H,1-2,5-6,9-14,16H2. The van der Waals surface area contributed by atoms with Gasteiger partial charge in [-0.2, -0.15) is 5.10 Å². The average Bonchev–Trinajstić information content (AvgIpc) is 3.28. The monoisotopic (exact) mass is 396 g/mol. The lowest BCUT2D eigenvalue weighted by Crippen LogP contribution is -2.51. The van der Waals surface area contributed by atoms with Gasteiger partial charge in [0.25, 0.3) is 0 Å². The molecule has 1 aliphatic carbocycles. The molecule has 0 radical (unpaired) electrons. The molecule has 154 valence electrons. The first-order valence-electron chi connectivity index (χ1n) is 10.6. The predicted octanol–water partition coefficient (Wildman–Crippen LogP) is 2.04. The lowest BCUT2D eigenvalue weighted by atomic mass is 10.0. The zero-order valence-corrected chi connectivity index (χ0v) is 16.8. The van der Waals surface area contributed by atoms with Crippen LogP contribution in [0.5, 0.6) is 0 Å². The van der Waals surface area contributed by atoms with Gasteiger partial charge in [0.2, 0.25) is 17.2 Å². The fourth-order valence-corrected chi connectivity index (χ4v) is 4.51. The zero-order valence-electron chi connectivity index (χ0n) is 16.8. The van der Waals surface area contributed by atoms with E-state index < -0.39 is 0 Å². The van der Waals surface area contributed by atoms with Gasteiger partial charge >= 0.3 is 0 Å².